The van der Waals surface area contributed by atoms with Gasteiger partial charge in [-0.3, -0.25) is 10.2 Å². The Morgan fingerprint density at radius 3 is 2.84 bits per heavy atom. The number of thiophene rings is 1. The van der Waals surface area contributed by atoms with Gasteiger partial charge >= 0.3 is 0 Å². The Bertz CT molecular complexity index is 751. The van der Waals surface area contributed by atoms with Crippen LogP contribution >= 0.6 is 22.9 Å². The lowest BCUT2D eigenvalue weighted by Crippen LogP contribution is -2.20. The molecule has 3 rings (SSSR count). The number of halogens is 1. The van der Waals surface area contributed by atoms with E-state index in [9.17, 15) is 4.79 Å². The van der Waals surface area contributed by atoms with Gasteiger partial charge in [-0.15, -0.1) is 21.5 Å². The molecule has 0 unspecified atom stereocenters. The molecule has 1 N–H and O–H groups in total. The van der Waals surface area contributed by atoms with Crippen LogP contribution in [0.2, 0.25) is 5.02 Å². The average molecular weight is 293 g/mol. The molecule has 0 aliphatic heterocycles. The van der Waals surface area contributed by atoms with Crippen LogP contribution in [0.1, 0.15) is 15.2 Å². The summed E-state index contributed by atoms with van der Waals surface area (Å²) in [5.74, 6) is -0.274. The van der Waals surface area contributed by atoms with E-state index < -0.39 is 0 Å². The number of rotatable bonds is 2. The molecule has 7 heteroatoms. The van der Waals surface area contributed by atoms with Crippen molar-refractivity contribution in [3.05, 3.63) is 46.3 Å². The molecular formula is C12H9ClN4OS. The fourth-order valence-corrected chi connectivity index (χ4v) is 3.25. The Kier molecular flexibility index (Phi) is 2.96. The van der Waals surface area contributed by atoms with Crippen molar-refractivity contribution in [2.24, 2.45) is 0 Å². The minimum Gasteiger partial charge on any atom is -0.266 e. The normalized spacial score (nSPS) is 10.8. The van der Waals surface area contributed by atoms with E-state index in [0.29, 0.717) is 9.90 Å². The molecule has 0 radical (unpaired) electrons. The van der Waals surface area contributed by atoms with Gasteiger partial charge in [0.15, 0.2) is 0 Å². The number of carbonyl (C=O) groups is 1. The molecule has 1 amide bonds. The van der Waals surface area contributed by atoms with Crippen LogP contribution in [0.3, 0.4) is 0 Å². The van der Waals surface area contributed by atoms with Crippen molar-refractivity contribution in [2.75, 3.05) is 5.43 Å². The highest BCUT2D eigenvalue weighted by molar-refractivity contribution is 7.21. The fraction of sp³-hybridized carbons (Fsp3) is 0.0833. The Labute approximate surface area is 117 Å². The summed E-state index contributed by atoms with van der Waals surface area (Å²) in [6.07, 6.45) is 2.81. The van der Waals surface area contributed by atoms with E-state index in [2.05, 4.69) is 15.6 Å². The summed E-state index contributed by atoms with van der Waals surface area (Å²) in [6.45, 7) is 2.00. The maximum atomic E-state index is 12.1. The number of aryl methyl sites for hydroxylation is 1. The second kappa shape index (κ2) is 4.64. The van der Waals surface area contributed by atoms with E-state index in [1.165, 1.54) is 28.7 Å². The zero-order valence-electron chi connectivity index (χ0n) is 9.92. The van der Waals surface area contributed by atoms with Gasteiger partial charge in [-0.05, 0) is 18.6 Å². The predicted molar refractivity (Wildman–Crippen MR) is 75.3 cm³/mol. The lowest BCUT2D eigenvalue weighted by molar-refractivity contribution is 0.101. The largest absolute Gasteiger partial charge is 0.281 e. The van der Waals surface area contributed by atoms with Gasteiger partial charge in [0, 0.05) is 10.1 Å². The van der Waals surface area contributed by atoms with Gasteiger partial charge in [-0.1, -0.05) is 23.7 Å². The molecule has 0 saturated carbocycles. The third-order valence-electron chi connectivity index (χ3n) is 2.64. The first-order valence-corrected chi connectivity index (χ1v) is 6.69. The third-order valence-corrected chi connectivity index (χ3v) is 4.30. The monoisotopic (exact) mass is 292 g/mol. The lowest BCUT2D eigenvalue weighted by Gasteiger charge is -2.02. The molecule has 0 saturated heterocycles. The molecule has 5 nitrogen and oxygen atoms in total. The highest BCUT2D eigenvalue weighted by atomic mass is 35.5. The summed E-state index contributed by atoms with van der Waals surface area (Å²) in [7, 11) is 0. The average Bonchev–Trinajstić information content (AvgIpc) is 2.97. The number of aromatic nitrogens is 3. The van der Waals surface area contributed by atoms with Crippen molar-refractivity contribution >= 4 is 38.9 Å². The summed E-state index contributed by atoms with van der Waals surface area (Å²) in [5, 5.41) is 8.60. The highest BCUT2D eigenvalue weighted by Crippen LogP contribution is 2.35. The van der Waals surface area contributed by atoms with Gasteiger partial charge < -0.3 is 0 Å². The number of nitrogens with one attached hydrogen (secondary N) is 1. The SMILES string of the molecule is Cc1ccc2c(Cl)c(C(=O)Nn3cnnc3)sc2c1. The first-order chi connectivity index (χ1) is 9.15. The van der Waals surface area contributed by atoms with Crippen molar-refractivity contribution in [1.82, 2.24) is 14.9 Å². The van der Waals surface area contributed by atoms with Crippen LogP contribution in [-0.2, 0) is 0 Å². The first kappa shape index (κ1) is 12.1. The van der Waals surface area contributed by atoms with Crippen LogP contribution < -0.4 is 5.43 Å². The number of fused-ring (bicyclic) bond motifs is 1. The van der Waals surface area contributed by atoms with Crippen LogP contribution in [0.15, 0.2) is 30.9 Å². The van der Waals surface area contributed by atoms with E-state index in [0.717, 1.165) is 15.6 Å². The zero-order valence-corrected chi connectivity index (χ0v) is 11.5. The first-order valence-electron chi connectivity index (χ1n) is 5.50. The van der Waals surface area contributed by atoms with Gasteiger partial charge in [0.1, 0.15) is 17.5 Å². The highest BCUT2D eigenvalue weighted by Gasteiger charge is 2.17. The molecule has 2 heterocycles. The topological polar surface area (TPSA) is 59.8 Å². The van der Waals surface area contributed by atoms with Crippen molar-refractivity contribution < 1.29 is 4.79 Å². The lowest BCUT2D eigenvalue weighted by atomic mass is 10.2. The molecule has 2 aromatic heterocycles. The van der Waals surface area contributed by atoms with Gasteiger partial charge in [0.2, 0.25) is 0 Å². The number of nitrogens with zero attached hydrogens (tertiary/aromatic N) is 3. The van der Waals surface area contributed by atoms with E-state index in [1.807, 2.05) is 25.1 Å². The van der Waals surface area contributed by atoms with Crippen LogP contribution in [-0.4, -0.2) is 20.8 Å². The third kappa shape index (κ3) is 2.20. The minimum atomic E-state index is -0.274. The number of amides is 1. The molecule has 3 aromatic rings. The predicted octanol–water partition coefficient (Wildman–Crippen LogP) is 2.84. The molecule has 0 fully saturated rings. The summed E-state index contributed by atoms with van der Waals surface area (Å²) < 4.78 is 2.38. The Hall–Kier alpha value is -1.92. The van der Waals surface area contributed by atoms with Crippen LogP contribution in [0.25, 0.3) is 10.1 Å². The van der Waals surface area contributed by atoms with Gasteiger partial charge in [0.05, 0.1) is 5.02 Å². The Balaban J connectivity index is 2.00. The van der Waals surface area contributed by atoms with Crippen molar-refractivity contribution in [2.45, 2.75) is 6.92 Å². The summed E-state index contributed by atoms with van der Waals surface area (Å²) in [6, 6.07) is 5.92. The zero-order chi connectivity index (χ0) is 13.4. The molecule has 0 aliphatic carbocycles. The molecule has 96 valence electrons. The molecule has 0 bridgehead atoms. The van der Waals surface area contributed by atoms with Crippen molar-refractivity contribution in [1.29, 1.82) is 0 Å². The summed E-state index contributed by atoms with van der Waals surface area (Å²) in [5.41, 5.74) is 3.77. The van der Waals surface area contributed by atoms with Gasteiger partial charge in [0.25, 0.3) is 5.91 Å². The number of benzene rings is 1. The van der Waals surface area contributed by atoms with Crippen molar-refractivity contribution in [3.63, 3.8) is 0 Å². The minimum absolute atomic E-state index is 0.274. The molecule has 0 spiro atoms. The van der Waals surface area contributed by atoms with Crippen LogP contribution in [0.4, 0.5) is 0 Å². The van der Waals surface area contributed by atoms with E-state index >= 15 is 0 Å². The smallest absolute Gasteiger partial charge is 0.266 e. The Morgan fingerprint density at radius 1 is 1.37 bits per heavy atom. The number of carbonyl (C=O) groups excluding carboxylic acids is 1. The quantitative estimate of drug-likeness (QED) is 0.790. The number of hydrogen-bond donors (Lipinski definition) is 1. The van der Waals surface area contributed by atoms with Crippen LogP contribution in [0.5, 0.6) is 0 Å². The van der Waals surface area contributed by atoms with Crippen LogP contribution in [0, 0.1) is 6.92 Å². The maximum absolute atomic E-state index is 12.1. The fourth-order valence-electron chi connectivity index (χ4n) is 1.74. The molecule has 19 heavy (non-hydrogen) atoms. The van der Waals surface area contributed by atoms with Gasteiger partial charge in [-0.2, -0.15) is 0 Å². The van der Waals surface area contributed by atoms with E-state index in [1.54, 1.807) is 0 Å². The standard InChI is InChI=1S/C12H9ClN4OS/c1-7-2-3-8-9(4-7)19-11(10(8)13)12(18)16-17-5-14-15-6-17/h2-6H,1H3,(H,16,18). The Morgan fingerprint density at radius 2 is 2.11 bits per heavy atom. The maximum Gasteiger partial charge on any atom is 0.281 e. The second-order valence-corrected chi connectivity index (χ2v) is 5.49. The van der Waals surface area contributed by atoms with E-state index in [-0.39, 0.29) is 5.91 Å². The summed E-state index contributed by atoms with van der Waals surface area (Å²) >= 11 is 7.62. The van der Waals surface area contributed by atoms with Gasteiger partial charge in [-0.25, -0.2) is 4.68 Å². The number of hydrogen-bond acceptors (Lipinski definition) is 4. The molecule has 0 aliphatic rings. The molecule has 0 atom stereocenters. The molecule has 1 aromatic carbocycles. The van der Waals surface area contributed by atoms with Crippen molar-refractivity contribution in [3.8, 4) is 0 Å². The second-order valence-electron chi connectivity index (χ2n) is 4.05. The summed E-state index contributed by atoms with van der Waals surface area (Å²) in [4.78, 5) is 12.6. The molecular weight excluding hydrogens is 284 g/mol. The van der Waals surface area contributed by atoms with E-state index in [4.69, 9.17) is 11.6 Å².